The summed E-state index contributed by atoms with van der Waals surface area (Å²) in [6, 6.07) is 8.34. The number of nitrogens with two attached hydrogens (primary N) is 1. The van der Waals surface area contributed by atoms with Crippen LogP contribution in [0.15, 0.2) is 30.3 Å². The van der Waals surface area contributed by atoms with E-state index >= 15 is 0 Å². The Balaban J connectivity index is 2.14. The van der Waals surface area contributed by atoms with Gasteiger partial charge in [-0.15, -0.1) is 0 Å². The molecule has 0 aliphatic carbocycles. The summed E-state index contributed by atoms with van der Waals surface area (Å²) in [6.45, 7) is 0.308. The first-order valence-corrected chi connectivity index (χ1v) is 7.69. The number of nitrogens with one attached hydrogen (secondary N) is 2. The third-order valence-electron chi connectivity index (χ3n) is 3.22. The molecule has 8 nitrogen and oxygen atoms in total. The van der Waals surface area contributed by atoms with Crippen LogP contribution < -0.4 is 16.4 Å². The van der Waals surface area contributed by atoms with Crippen LogP contribution in [0.2, 0.25) is 0 Å². The summed E-state index contributed by atoms with van der Waals surface area (Å²) in [6.07, 6.45) is 0.843. The molecule has 8 heteroatoms. The molecule has 0 aliphatic rings. The van der Waals surface area contributed by atoms with Crippen LogP contribution in [-0.2, 0) is 20.9 Å². The molecule has 1 aromatic carbocycles. The fourth-order valence-corrected chi connectivity index (χ4v) is 1.95. The van der Waals surface area contributed by atoms with Crippen molar-refractivity contribution in [3.8, 4) is 0 Å². The van der Waals surface area contributed by atoms with Crippen LogP contribution in [0, 0.1) is 0 Å². The SMILES string of the molecule is NCC(=O)N[C@H](CCCCNC(=O)OCc1ccccc1)C(=O)O. The van der Waals surface area contributed by atoms with E-state index in [9.17, 15) is 14.4 Å². The van der Waals surface area contributed by atoms with Gasteiger partial charge in [0, 0.05) is 6.54 Å². The van der Waals surface area contributed by atoms with Crippen LogP contribution in [-0.4, -0.2) is 42.2 Å². The number of carboxylic acids is 1. The maximum atomic E-state index is 11.5. The van der Waals surface area contributed by atoms with Crippen LogP contribution in [0.3, 0.4) is 0 Å². The number of carbonyl (C=O) groups excluding carboxylic acids is 2. The third-order valence-corrected chi connectivity index (χ3v) is 3.22. The van der Waals surface area contributed by atoms with Crippen molar-refractivity contribution in [1.29, 1.82) is 0 Å². The molecule has 1 atom stereocenters. The lowest BCUT2D eigenvalue weighted by atomic mass is 10.1. The Bertz CT molecular complexity index is 536. The summed E-state index contributed by atoms with van der Waals surface area (Å²) in [5, 5.41) is 13.9. The zero-order valence-electron chi connectivity index (χ0n) is 13.4. The molecule has 132 valence electrons. The number of unbranched alkanes of at least 4 members (excludes halogenated alkanes) is 1. The Morgan fingerprint density at radius 1 is 1.17 bits per heavy atom. The maximum absolute atomic E-state index is 11.5. The first-order valence-electron chi connectivity index (χ1n) is 7.69. The van der Waals surface area contributed by atoms with Crippen molar-refractivity contribution < 1.29 is 24.2 Å². The number of alkyl carbamates (subject to hydrolysis) is 1. The molecule has 0 fully saturated rings. The van der Waals surface area contributed by atoms with Crippen LogP contribution in [0.4, 0.5) is 4.79 Å². The van der Waals surface area contributed by atoms with Crippen molar-refractivity contribution in [2.75, 3.05) is 13.1 Å². The van der Waals surface area contributed by atoms with Crippen molar-refractivity contribution in [2.45, 2.75) is 31.9 Å². The molecule has 1 rings (SSSR count). The molecule has 5 N–H and O–H groups in total. The predicted octanol–water partition coefficient (Wildman–Crippen LogP) is 0.611. The molecular weight excluding hydrogens is 314 g/mol. The molecule has 0 radical (unpaired) electrons. The molecule has 2 amide bonds. The lowest BCUT2D eigenvalue weighted by Gasteiger charge is -2.13. The van der Waals surface area contributed by atoms with Crippen LogP contribution >= 0.6 is 0 Å². The van der Waals surface area contributed by atoms with Crippen molar-refractivity contribution >= 4 is 18.0 Å². The van der Waals surface area contributed by atoms with Gasteiger partial charge in [-0.3, -0.25) is 4.79 Å². The van der Waals surface area contributed by atoms with Gasteiger partial charge >= 0.3 is 12.1 Å². The minimum absolute atomic E-state index is 0.193. The Hall–Kier alpha value is -2.61. The van der Waals surface area contributed by atoms with E-state index in [-0.39, 0.29) is 19.6 Å². The molecule has 24 heavy (non-hydrogen) atoms. The molecule has 0 aliphatic heterocycles. The highest BCUT2D eigenvalue weighted by atomic mass is 16.5. The average molecular weight is 337 g/mol. The topological polar surface area (TPSA) is 131 Å². The van der Waals surface area contributed by atoms with Crippen molar-refractivity contribution in [3.63, 3.8) is 0 Å². The minimum Gasteiger partial charge on any atom is -0.480 e. The lowest BCUT2D eigenvalue weighted by molar-refractivity contribution is -0.141. The quantitative estimate of drug-likeness (QED) is 0.463. The lowest BCUT2D eigenvalue weighted by Crippen LogP contribution is -2.43. The number of rotatable bonds is 10. The third kappa shape index (κ3) is 8.14. The number of ether oxygens (including phenoxy) is 1. The summed E-state index contributed by atoms with van der Waals surface area (Å²) in [7, 11) is 0. The second kappa shape index (κ2) is 11.0. The molecule has 1 aromatic rings. The van der Waals surface area contributed by atoms with Crippen LogP contribution in [0.25, 0.3) is 0 Å². The first kappa shape index (κ1) is 19.4. The van der Waals surface area contributed by atoms with Crippen molar-refractivity contribution in [2.24, 2.45) is 5.73 Å². The summed E-state index contributed by atoms with van der Waals surface area (Å²) < 4.78 is 5.05. The molecule has 0 heterocycles. The summed E-state index contributed by atoms with van der Waals surface area (Å²) in [5.41, 5.74) is 6.03. The monoisotopic (exact) mass is 337 g/mol. The number of aliphatic carboxylic acids is 1. The maximum Gasteiger partial charge on any atom is 0.407 e. The van der Waals surface area contributed by atoms with Gasteiger partial charge in [0.1, 0.15) is 12.6 Å². The Morgan fingerprint density at radius 2 is 1.88 bits per heavy atom. The molecule has 0 aromatic heterocycles. The smallest absolute Gasteiger partial charge is 0.407 e. The van der Waals surface area contributed by atoms with E-state index in [4.69, 9.17) is 15.6 Å². The fraction of sp³-hybridized carbons (Fsp3) is 0.438. The van der Waals surface area contributed by atoms with E-state index < -0.39 is 24.0 Å². The second-order valence-corrected chi connectivity index (χ2v) is 5.15. The zero-order valence-corrected chi connectivity index (χ0v) is 13.4. The Labute approximate surface area is 140 Å². The first-order chi connectivity index (χ1) is 11.5. The van der Waals surface area contributed by atoms with Gasteiger partial charge < -0.3 is 26.2 Å². The van der Waals surface area contributed by atoms with Gasteiger partial charge in [0.2, 0.25) is 5.91 Å². The fourth-order valence-electron chi connectivity index (χ4n) is 1.95. The normalized spacial score (nSPS) is 11.4. The minimum atomic E-state index is -1.10. The highest BCUT2D eigenvalue weighted by Crippen LogP contribution is 2.02. The van der Waals surface area contributed by atoms with Gasteiger partial charge in [-0.25, -0.2) is 9.59 Å². The number of benzene rings is 1. The number of hydrogen-bond donors (Lipinski definition) is 4. The van der Waals surface area contributed by atoms with Crippen LogP contribution in [0.5, 0.6) is 0 Å². The zero-order chi connectivity index (χ0) is 17.8. The van der Waals surface area contributed by atoms with Gasteiger partial charge in [-0.1, -0.05) is 30.3 Å². The molecule has 0 bridgehead atoms. The van der Waals surface area contributed by atoms with Gasteiger partial charge in [0.15, 0.2) is 0 Å². The van der Waals surface area contributed by atoms with Crippen molar-refractivity contribution in [3.05, 3.63) is 35.9 Å². The highest BCUT2D eigenvalue weighted by Gasteiger charge is 2.18. The summed E-state index contributed by atoms with van der Waals surface area (Å²) in [4.78, 5) is 33.6. The molecule has 0 spiro atoms. The highest BCUT2D eigenvalue weighted by molar-refractivity contribution is 5.84. The van der Waals surface area contributed by atoms with E-state index in [0.717, 1.165) is 5.56 Å². The summed E-state index contributed by atoms with van der Waals surface area (Å²) >= 11 is 0. The molecule has 0 saturated heterocycles. The van der Waals surface area contributed by atoms with Gasteiger partial charge in [0.05, 0.1) is 6.54 Å². The largest absolute Gasteiger partial charge is 0.480 e. The van der Waals surface area contributed by atoms with E-state index in [0.29, 0.717) is 19.4 Å². The average Bonchev–Trinajstić information content (AvgIpc) is 2.59. The van der Waals surface area contributed by atoms with Crippen molar-refractivity contribution in [1.82, 2.24) is 10.6 Å². The number of carboxylic acid groups (broad SMARTS) is 1. The van der Waals surface area contributed by atoms with E-state index in [2.05, 4.69) is 10.6 Å². The van der Waals surface area contributed by atoms with Crippen LogP contribution in [0.1, 0.15) is 24.8 Å². The predicted molar refractivity (Wildman–Crippen MR) is 87.1 cm³/mol. The second-order valence-electron chi connectivity index (χ2n) is 5.15. The van der Waals surface area contributed by atoms with Gasteiger partial charge in [-0.05, 0) is 24.8 Å². The van der Waals surface area contributed by atoms with Gasteiger partial charge in [-0.2, -0.15) is 0 Å². The molecule has 0 unspecified atom stereocenters. The Morgan fingerprint density at radius 3 is 2.50 bits per heavy atom. The Kier molecular flexibility index (Phi) is 8.91. The summed E-state index contributed by atoms with van der Waals surface area (Å²) in [5.74, 6) is -1.61. The number of carbonyl (C=O) groups is 3. The molecular formula is C16H23N3O5. The molecule has 0 saturated carbocycles. The number of hydrogen-bond acceptors (Lipinski definition) is 5. The van der Waals surface area contributed by atoms with E-state index in [1.807, 2.05) is 30.3 Å². The standard InChI is InChI=1S/C16H23N3O5/c17-10-14(20)19-13(15(21)22)8-4-5-9-18-16(23)24-11-12-6-2-1-3-7-12/h1-3,6-7,13H,4-5,8-11,17H2,(H,18,23)(H,19,20)(H,21,22)/t13-/m1/s1. The van der Waals surface area contributed by atoms with E-state index in [1.54, 1.807) is 0 Å². The van der Waals surface area contributed by atoms with Gasteiger partial charge in [0.25, 0.3) is 0 Å². The van der Waals surface area contributed by atoms with E-state index in [1.165, 1.54) is 0 Å². The number of amides is 2.